The predicted molar refractivity (Wildman–Crippen MR) is 119 cm³/mol. The van der Waals surface area contributed by atoms with Crippen molar-refractivity contribution in [1.29, 1.82) is 0 Å². The number of hydrogen-bond acceptors (Lipinski definition) is 6. The van der Waals surface area contributed by atoms with Gasteiger partial charge in [0.25, 0.3) is 11.1 Å². The molecule has 150 valence electrons. The topological polar surface area (TPSA) is 73.6 Å². The van der Waals surface area contributed by atoms with Crippen molar-refractivity contribution in [2.45, 2.75) is 6.42 Å². The first kappa shape index (κ1) is 20.0. The quantitative estimate of drug-likeness (QED) is 0.434. The van der Waals surface area contributed by atoms with Crippen LogP contribution in [0.15, 0.2) is 70.8 Å². The number of benzene rings is 2. The molecule has 30 heavy (non-hydrogen) atoms. The molecule has 4 aromatic rings. The van der Waals surface area contributed by atoms with Gasteiger partial charge in [-0.3, -0.25) is 9.59 Å². The van der Waals surface area contributed by atoms with Gasteiger partial charge in [-0.15, -0.1) is 0 Å². The van der Waals surface area contributed by atoms with Crippen molar-refractivity contribution in [2.75, 3.05) is 6.61 Å². The molecule has 0 aliphatic carbocycles. The summed E-state index contributed by atoms with van der Waals surface area (Å²) in [7, 11) is 0. The molecule has 0 atom stereocenters. The van der Waals surface area contributed by atoms with Crippen molar-refractivity contribution < 1.29 is 4.74 Å². The minimum Gasteiger partial charge on any atom is -0.490 e. The van der Waals surface area contributed by atoms with E-state index < -0.39 is 5.56 Å². The zero-order valence-corrected chi connectivity index (χ0v) is 17.3. The molecule has 6 nitrogen and oxygen atoms in total. The second kappa shape index (κ2) is 8.61. The van der Waals surface area contributed by atoms with E-state index in [0.29, 0.717) is 21.9 Å². The van der Waals surface area contributed by atoms with Crippen LogP contribution in [0.25, 0.3) is 11.0 Å². The summed E-state index contributed by atoms with van der Waals surface area (Å²) in [5.41, 5.74) is 1.14. The Hall–Kier alpha value is -3.29. The standard InChI is InChI=1S/C22H16ClN3O3S/c1-2-11-29-17-9-5-15(6-10-17)13-19-21(28)26-22(30-19)24-20(27)18(25-26)12-14-3-7-16(23)8-4-14/h2-10,13H,1,11-12H2. The Morgan fingerprint density at radius 1 is 1.10 bits per heavy atom. The van der Waals surface area contributed by atoms with Crippen LogP contribution in [0, 0.1) is 0 Å². The molecule has 0 bridgehead atoms. The predicted octanol–water partition coefficient (Wildman–Crippen LogP) is 2.87. The summed E-state index contributed by atoms with van der Waals surface area (Å²) >= 11 is 7.02. The molecular weight excluding hydrogens is 422 g/mol. The van der Waals surface area contributed by atoms with Gasteiger partial charge in [-0.2, -0.15) is 14.6 Å². The van der Waals surface area contributed by atoms with Gasteiger partial charge in [0.2, 0.25) is 4.96 Å². The molecule has 0 unspecified atom stereocenters. The van der Waals surface area contributed by atoms with Crippen molar-refractivity contribution in [3.8, 4) is 5.75 Å². The molecule has 8 heteroatoms. The summed E-state index contributed by atoms with van der Waals surface area (Å²) in [4.78, 5) is 29.5. The van der Waals surface area contributed by atoms with Gasteiger partial charge in [0, 0.05) is 11.4 Å². The van der Waals surface area contributed by atoms with E-state index in [2.05, 4.69) is 16.7 Å². The third-order valence-electron chi connectivity index (χ3n) is 4.28. The summed E-state index contributed by atoms with van der Waals surface area (Å²) in [6.45, 7) is 4.04. The van der Waals surface area contributed by atoms with Crippen LogP contribution in [0.5, 0.6) is 5.75 Å². The minimum atomic E-state index is -0.443. The van der Waals surface area contributed by atoms with Gasteiger partial charge in [0.05, 0.1) is 4.53 Å². The fraction of sp³-hybridized carbons (Fsp3) is 0.0909. The minimum absolute atomic E-state index is 0.208. The monoisotopic (exact) mass is 437 g/mol. The molecule has 0 saturated carbocycles. The maximum Gasteiger partial charge on any atom is 0.296 e. The van der Waals surface area contributed by atoms with E-state index in [1.807, 2.05) is 36.4 Å². The van der Waals surface area contributed by atoms with Crippen LogP contribution in [0.4, 0.5) is 0 Å². The van der Waals surface area contributed by atoms with Crippen molar-refractivity contribution >= 4 is 34.0 Å². The average Bonchev–Trinajstić information content (AvgIpc) is 3.04. The highest BCUT2D eigenvalue weighted by Gasteiger charge is 2.11. The highest BCUT2D eigenvalue weighted by Crippen LogP contribution is 2.13. The van der Waals surface area contributed by atoms with Gasteiger partial charge in [0.1, 0.15) is 18.1 Å². The fourth-order valence-electron chi connectivity index (χ4n) is 2.81. The summed E-state index contributed by atoms with van der Waals surface area (Å²) in [6.07, 6.45) is 3.68. The maximum atomic E-state index is 12.8. The third kappa shape index (κ3) is 4.32. The molecule has 0 saturated heterocycles. The van der Waals surface area contributed by atoms with Crippen LogP contribution >= 0.6 is 22.9 Å². The molecule has 2 aromatic carbocycles. The van der Waals surface area contributed by atoms with Gasteiger partial charge >= 0.3 is 0 Å². The first-order chi connectivity index (χ1) is 14.5. The number of nitrogens with zero attached hydrogens (tertiary/aromatic N) is 3. The maximum absolute atomic E-state index is 12.8. The Balaban J connectivity index is 1.69. The molecular formula is C22H16ClN3O3S. The Labute approximate surface area is 180 Å². The van der Waals surface area contributed by atoms with E-state index in [4.69, 9.17) is 16.3 Å². The number of rotatable bonds is 6. The smallest absolute Gasteiger partial charge is 0.296 e. The summed E-state index contributed by atoms with van der Waals surface area (Å²) in [5, 5.41) is 4.87. The molecule has 2 aromatic heterocycles. The van der Waals surface area contributed by atoms with Crippen molar-refractivity contribution in [3.05, 3.63) is 108 Å². The van der Waals surface area contributed by atoms with Gasteiger partial charge in [-0.25, -0.2) is 0 Å². The first-order valence-corrected chi connectivity index (χ1v) is 10.3. The number of ether oxygens (including phenoxy) is 1. The van der Waals surface area contributed by atoms with Gasteiger partial charge in [-0.05, 0) is 41.5 Å². The van der Waals surface area contributed by atoms with Crippen LogP contribution in [0.2, 0.25) is 5.02 Å². The fourth-order valence-corrected chi connectivity index (χ4v) is 3.84. The van der Waals surface area contributed by atoms with E-state index in [0.717, 1.165) is 22.5 Å². The van der Waals surface area contributed by atoms with Crippen LogP contribution in [-0.4, -0.2) is 21.2 Å². The average molecular weight is 438 g/mol. The molecule has 0 fully saturated rings. The largest absolute Gasteiger partial charge is 0.490 e. The Bertz CT molecular complexity index is 1380. The van der Waals surface area contributed by atoms with Crippen molar-refractivity contribution in [3.63, 3.8) is 0 Å². The van der Waals surface area contributed by atoms with E-state index in [9.17, 15) is 9.59 Å². The Kier molecular flexibility index (Phi) is 5.74. The normalized spacial score (nSPS) is 11.7. The molecule has 2 heterocycles. The SMILES string of the molecule is C=CCOc1ccc(C=c2sc3nc(=O)c(Cc4ccc(Cl)cc4)nn3c2=O)cc1. The van der Waals surface area contributed by atoms with E-state index in [1.54, 1.807) is 24.3 Å². The van der Waals surface area contributed by atoms with E-state index in [1.165, 1.54) is 4.52 Å². The number of thiazole rings is 1. The second-order valence-corrected chi connectivity index (χ2v) is 7.89. The van der Waals surface area contributed by atoms with Crippen LogP contribution in [0.1, 0.15) is 16.8 Å². The highest BCUT2D eigenvalue weighted by atomic mass is 35.5. The van der Waals surface area contributed by atoms with Crippen LogP contribution in [0.3, 0.4) is 0 Å². The molecule has 4 rings (SSSR count). The van der Waals surface area contributed by atoms with Crippen molar-refractivity contribution in [1.82, 2.24) is 14.6 Å². The lowest BCUT2D eigenvalue weighted by Gasteiger charge is -2.02. The number of halogens is 1. The first-order valence-electron chi connectivity index (χ1n) is 9.06. The van der Waals surface area contributed by atoms with E-state index >= 15 is 0 Å². The third-order valence-corrected chi connectivity index (χ3v) is 5.49. The van der Waals surface area contributed by atoms with Gasteiger partial charge in [0.15, 0.2) is 0 Å². The molecule has 0 radical (unpaired) electrons. The summed E-state index contributed by atoms with van der Waals surface area (Å²) in [5.74, 6) is 0.714. The summed E-state index contributed by atoms with van der Waals surface area (Å²) < 4.78 is 7.08. The van der Waals surface area contributed by atoms with Gasteiger partial charge in [-0.1, -0.05) is 59.9 Å². The molecule has 0 spiro atoms. The second-order valence-electron chi connectivity index (χ2n) is 6.45. The zero-order valence-electron chi connectivity index (χ0n) is 15.7. The number of hydrogen-bond donors (Lipinski definition) is 0. The lowest BCUT2D eigenvalue weighted by Crippen LogP contribution is -2.28. The molecule has 0 N–H and O–H groups in total. The molecule has 0 aliphatic heterocycles. The lowest BCUT2D eigenvalue weighted by molar-refractivity contribution is 0.363. The number of aromatic nitrogens is 3. The molecule has 0 aliphatic rings. The Morgan fingerprint density at radius 2 is 1.83 bits per heavy atom. The summed E-state index contributed by atoms with van der Waals surface area (Å²) in [6, 6.07) is 14.4. The Morgan fingerprint density at radius 3 is 2.53 bits per heavy atom. The number of fused-ring (bicyclic) bond motifs is 1. The molecule has 0 amide bonds. The van der Waals surface area contributed by atoms with Crippen LogP contribution < -0.4 is 20.4 Å². The van der Waals surface area contributed by atoms with Gasteiger partial charge < -0.3 is 4.74 Å². The highest BCUT2D eigenvalue weighted by molar-refractivity contribution is 7.15. The van der Waals surface area contributed by atoms with E-state index in [-0.39, 0.29) is 22.6 Å². The lowest BCUT2D eigenvalue weighted by atomic mass is 10.1. The van der Waals surface area contributed by atoms with Crippen LogP contribution in [-0.2, 0) is 6.42 Å². The van der Waals surface area contributed by atoms with Crippen molar-refractivity contribution in [2.24, 2.45) is 0 Å². The zero-order chi connectivity index (χ0) is 21.1.